The molecule has 0 unspecified atom stereocenters. The van der Waals surface area contributed by atoms with Gasteiger partial charge in [-0.05, 0) is 24.5 Å². The van der Waals surface area contributed by atoms with E-state index in [0.717, 1.165) is 24.6 Å². The zero-order valence-electron chi connectivity index (χ0n) is 8.85. The highest BCUT2D eigenvalue weighted by molar-refractivity contribution is 8.15. The van der Waals surface area contributed by atoms with E-state index < -0.39 is 0 Å². The molecule has 0 radical (unpaired) electrons. The molecule has 2 aliphatic heterocycles. The molecule has 0 saturated heterocycles. The second kappa shape index (κ2) is 3.94. The Morgan fingerprint density at radius 2 is 2.19 bits per heavy atom. The molecule has 3 nitrogen and oxygen atoms in total. The number of anilines is 1. The van der Waals surface area contributed by atoms with Crippen LogP contribution < -0.4 is 4.90 Å². The maximum absolute atomic E-state index is 11.2. The number of para-hydroxylation sites is 1. The van der Waals surface area contributed by atoms with Crippen LogP contribution in [0.3, 0.4) is 0 Å². The van der Waals surface area contributed by atoms with Gasteiger partial charge in [0.25, 0.3) is 5.91 Å². The third-order valence-corrected chi connectivity index (χ3v) is 3.85. The molecule has 1 aromatic carbocycles. The molecule has 3 rings (SSSR count). The number of nitrogens with zero attached hydrogens (tertiary/aromatic N) is 2. The molecule has 82 valence electrons. The van der Waals surface area contributed by atoms with Gasteiger partial charge in [0.15, 0.2) is 5.17 Å². The first kappa shape index (κ1) is 9.90. The Balaban J connectivity index is 1.99. The number of thioether (sulfide) groups is 1. The average molecular weight is 232 g/mol. The molecule has 0 aromatic heterocycles. The fourth-order valence-electron chi connectivity index (χ4n) is 2.17. The van der Waals surface area contributed by atoms with Crippen LogP contribution in [-0.4, -0.2) is 23.4 Å². The van der Waals surface area contributed by atoms with Crippen molar-refractivity contribution in [2.45, 2.75) is 12.8 Å². The second-order valence-electron chi connectivity index (χ2n) is 3.96. The molecule has 0 fully saturated rings. The minimum absolute atomic E-state index is 0.0111. The van der Waals surface area contributed by atoms with E-state index in [1.807, 2.05) is 6.07 Å². The van der Waals surface area contributed by atoms with E-state index in [2.05, 4.69) is 28.1 Å². The normalized spacial score (nSPS) is 19.6. The van der Waals surface area contributed by atoms with E-state index in [9.17, 15) is 4.79 Å². The van der Waals surface area contributed by atoms with Crippen LogP contribution in [-0.2, 0) is 11.2 Å². The molecular weight excluding hydrogens is 220 g/mol. The Morgan fingerprint density at radius 1 is 1.31 bits per heavy atom. The zero-order valence-corrected chi connectivity index (χ0v) is 9.67. The quantitative estimate of drug-likeness (QED) is 0.686. The van der Waals surface area contributed by atoms with Crippen LogP contribution in [0.15, 0.2) is 29.3 Å². The van der Waals surface area contributed by atoms with Crippen molar-refractivity contribution >= 4 is 28.5 Å². The van der Waals surface area contributed by atoms with Gasteiger partial charge >= 0.3 is 0 Å². The number of benzene rings is 1. The van der Waals surface area contributed by atoms with Gasteiger partial charge in [-0.2, -0.15) is 4.99 Å². The van der Waals surface area contributed by atoms with Gasteiger partial charge in [-0.3, -0.25) is 4.79 Å². The third-order valence-electron chi connectivity index (χ3n) is 2.89. The number of carbonyl (C=O) groups is 1. The molecule has 16 heavy (non-hydrogen) atoms. The van der Waals surface area contributed by atoms with E-state index in [1.54, 1.807) is 11.8 Å². The summed E-state index contributed by atoms with van der Waals surface area (Å²) in [6.45, 7) is 0.968. The smallest absolute Gasteiger partial charge is 0.258 e. The average Bonchev–Trinajstić information content (AvgIpc) is 2.75. The number of amidine groups is 1. The molecule has 0 saturated carbocycles. The van der Waals surface area contributed by atoms with Crippen molar-refractivity contribution < 1.29 is 4.79 Å². The topological polar surface area (TPSA) is 32.7 Å². The summed E-state index contributed by atoms with van der Waals surface area (Å²) in [7, 11) is 0. The summed E-state index contributed by atoms with van der Waals surface area (Å²) in [6, 6.07) is 8.38. The number of amides is 1. The van der Waals surface area contributed by atoms with E-state index in [1.165, 1.54) is 11.3 Å². The van der Waals surface area contributed by atoms with Crippen molar-refractivity contribution in [2.24, 2.45) is 4.99 Å². The Labute approximate surface area is 98.5 Å². The predicted molar refractivity (Wildman–Crippen MR) is 67.0 cm³/mol. The van der Waals surface area contributed by atoms with Crippen molar-refractivity contribution in [3.63, 3.8) is 0 Å². The fraction of sp³-hybridized carbons (Fsp3) is 0.333. The third kappa shape index (κ3) is 1.63. The molecule has 1 aromatic rings. The molecule has 0 atom stereocenters. The molecule has 2 aliphatic rings. The molecular formula is C12H12N2OS. The Morgan fingerprint density at radius 3 is 3.00 bits per heavy atom. The summed E-state index contributed by atoms with van der Waals surface area (Å²) in [5.41, 5.74) is 2.58. The summed E-state index contributed by atoms with van der Waals surface area (Å²) in [6.07, 6.45) is 2.25. The SMILES string of the molecule is O=C1CSC(N2CCCc3ccccc32)=N1. The lowest BCUT2D eigenvalue weighted by Gasteiger charge is -2.30. The second-order valence-corrected chi connectivity index (χ2v) is 4.90. The van der Waals surface area contributed by atoms with E-state index >= 15 is 0 Å². The number of aliphatic imine (C=N–C) groups is 1. The number of hydrogen-bond acceptors (Lipinski definition) is 3. The van der Waals surface area contributed by atoms with Gasteiger partial charge < -0.3 is 4.90 Å². The highest BCUT2D eigenvalue weighted by atomic mass is 32.2. The van der Waals surface area contributed by atoms with Crippen molar-refractivity contribution in [2.75, 3.05) is 17.2 Å². The standard InChI is InChI=1S/C12H12N2OS/c15-11-8-16-12(13-11)14-7-3-5-9-4-1-2-6-10(9)14/h1-2,4,6H,3,5,7-8H2. The van der Waals surface area contributed by atoms with Gasteiger partial charge in [0.2, 0.25) is 0 Å². The summed E-state index contributed by atoms with van der Waals surface area (Å²) in [5, 5.41) is 0.872. The minimum atomic E-state index is -0.0111. The van der Waals surface area contributed by atoms with Gasteiger partial charge in [-0.15, -0.1) is 0 Å². The van der Waals surface area contributed by atoms with Gasteiger partial charge in [0, 0.05) is 12.2 Å². The van der Waals surface area contributed by atoms with Crippen LogP contribution in [0.4, 0.5) is 5.69 Å². The summed E-state index contributed by atoms with van der Waals surface area (Å²) in [4.78, 5) is 17.4. The van der Waals surface area contributed by atoms with Crippen LogP contribution in [0.1, 0.15) is 12.0 Å². The fourth-order valence-corrected chi connectivity index (χ4v) is 3.00. The number of hydrogen-bond donors (Lipinski definition) is 0. The van der Waals surface area contributed by atoms with Crippen LogP contribution in [0.5, 0.6) is 0 Å². The Kier molecular flexibility index (Phi) is 2.44. The van der Waals surface area contributed by atoms with Gasteiger partial charge in [-0.25, -0.2) is 0 Å². The van der Waals surface area contributed by atoms with E-state index in [4.69, 9.17) is 0 Å². The number of carbonyl (C=O) groups excluding carboxylic acids is 1. The van der Waals surface area contributed by atoms with Gasteiger partial charge in [-0.1, -0.05) is 30.0 Å². The monoisotopic (exact) mass is 232 g/mol. The molecule has 0 spiro atoms. The van der Waals surface area contributed by atoms with Crippen LogP contribution in [0, 0.1) is 0 Å². The van der Waals surface area contributed by atoms with Crippen LogP contribution in [0.2, 0.25) is 0 Å². The first-order valence-corrected chi connectivity index (χ1v) is 6.43. The maximum atomic E-state index is 11.2. The summed E-state index contributed by atoms with van der Waals surface area (Å²) < 4.78 is 0. The predicted octanol–water partition coefficient (Wildman–Crippen LogP) is 2.07. The minimum Gasteiger partial charge on any atom is -0.321 e. The van der Waals surface area contributed by atoms with Crippen molar-refractivity contribution in [3.05, 3.63) is 29.8 Å². The van der Waals surface area contributed by atoms with Crippen LogP contribution in [0.25, 0.3) is 0 Å². The van der Waals surface area contributed by atoms with Crippen molar-refractivity contribution in [3.8, 4) is 0 Å². The lowest BCUT2D eigenvalue weighted by molar-refractivity contribution is -0.115. The zero-order chi connectivity index (χ0) is 11.0. The molecule has 0 N–H and O–H groups in total. The Bertz CT molecular complexity index is 470. The number of aryl methyl sites for hydroxylation is 1. The highest BCUT2D eigenvalue weighted by Crippen LogP contribution is 2.30. The largest absolute Gasteiger partial charge is 0.321 e. The van der Waals surface area contributed by atoms with Gasteiger partial charge in [0.1, 0.15) is 0 Å². The Hall–Kier alpha value is -1.29. The lowest BCUT2D eigenvalue weighted by atomic mass is 10.0. The van der Waals surface area contributed by atoms with Crippen molar-refractivity contribution in [1.29, 1.82) is 0 Å². The molecule has 1 amide bonds. The van der Waals surface area contributed by atoms with Gasteiger partial charge in [0.05, 0.1) is 5.75 Å². The highest BCUT2D eigenvalue weighted by Gasteiger charge is 2.25. The lowest BCUT2D eigenvalue weighted by Crippen LogP contribution is -2.32. The molecule has 0 aliphatic carbocycles. The number of fused-ring (bicyclic) bond motifs is 1. The van der Waals surface area contributed by atoms with Crippen LogP contribution >= 0.6 is 11.8 Å². The first-order chi connectivity index (χ1) is 7.84. The first-order valence-electron chi connectivity index (χ1n) is 5.44. The molecule has 0 bridgehead atoms. The summed E-state index contributed by atoms with van der Waals surface area (Å²) in [5.74, 6) is 0.483. The molecule has 2 heterocycles. The summed E-state index contributed by atoms with van der Waals surface area (Å²) >= 11 is 1.55. The van der Waals surface area contributed by atoms with E-state index in [0.29, 0.717) is 5.75 Å². The maximum Gasteiger partial charge on any atom is 0.258 e. The number of rotatable bonds is 0. The van der Waals surface area contributed by atoms with Crippen molar-refractivity contribution in [1.82, 2.24) is 0 Å². The molecule has 4 heteroatoms. The van der Waals surface area contributed by atoms with E-state index in [-0.39, 0.29) is 5.91 Å².